The van der Waals surface area contributed by atoms with Crippen molar-refractivity contribution in [3.8, 4) is 0 Å². The molecule has 0 radical (unpaired) electrons. The highest BCUT2D eigenvalue weighted by Crippen LogP contribution is 2.20. The lowest BCUT2D eigenvalue weighted by Gasteiger charge is -2.12. The van der Waals surface area contributed by atoms with Crippen molar-refractivity contribution in [1.82, 2.24) is 0 Å². The van der Waals surface area contributed by atoms with Gasteiger partial charge in [0.1, 0.15) is 5.82 Å². The topological polar surface area (TPSA) is 55.4 Å². The van der Waals surface area contributed by atoms with Crippen LogP contribution < -0.4 is 5.32 Å². The molecule has 0 fully saturated rings. The fraction of sp³-hybridized carbons (Fsp3) is 0.263. The van der Waals surface area contributed by atoms with E-state index < -0.39 is 5.97 Å². The Hall–Kier alpha value is -2.34. The van der Waals surface area contributed by atoms with Crippen molar-refractivity contribution in [3.05, 3.63) is 65.0 Å². The Balaban J connectivity index is 1.90. The highest BCUT2D eigenvalue weighted by molar-refractivity contribution is 7.99. The van der Waals surface area contributed by atoms with E-state index >= 15 is 0 Å². The maximum absolute atomic E-state index is 12.9. The molecule has 4 nitrogen and oxygen atoms in total. The summed E-state index contributed by atoms with van der Waals surface area (Å²) in [5, 5.41) is 2.82. The molecule has 0 unspecified atom stereocenters. The van der Waals surface area contributed by atoms with Gasteiger partial charge >= 0.3 is 5.97 Å². The summed E-state index contributed by atoms with van der Waals surface area (Å²) in [4.78, 5) is 24.0. The number of thioether (sulfide) groups is 1. The number of anilines is 1. The predicted molar refractivity (Wildman–Crippen MR) is 98.3 cm³/mol. The number of ether oxygens (including phenoxy) is 1. The molecule has 0 aliphatic heterocycles. The summed E-state index contributed by atoms with van der Waals surface area (Å²) in [7, 11) is 0. The van der Waals surface area contributed by atoms with E-state index in [1.165, 1.54) is 23.9 Å². The first-order chi connectivity index (χ1) is 12.0. The van der Waals surface area contributed by atoms with E-state index in [1.807, 2.05) is 0 Å². The maximum atomic E-state index is 12.9. The monoisotopic (exact) mass is 361 g/mol. The van der Waals surface area contributed by atoms with Gasteiger partial charge in [0.25, 0.3) is 0 Å². The summed E-state index contributed by atoms with van der Waals surface area (Å²) in [6.45, 7) is 3.82. The van der Waals surface area contributed by atoms with Gasteiger partial charge in [-0.3, -0.25) is 4.79 Å². The van der Waals surface area contributed by atoms with Crippen molar-refractivity contribution in [2.45, 2.75) is 19.6 Å². The number of carbonyl (C=O) groups excluding carboxylic acids is 2. The minimum atomic E-state index is -0.401. The number of halogens is 1. The van der Waals surface area contributed by atoms with Crippen molar-refractivity contribution < 1.29 is 18.7 Å². The molecular formula is C19H20FNO3S. The molecule has 0 saturated carbocycles. The van der Waals surface area contributed by atoms with Gasteiger partial charge in [0.05, 0.1) is 17.9 Å². The number of esters is 1. The van der Waals surface area contributed by atoms with E-state index in [4.69, 9.17) is 4.74 Å². The average molecular weight is 361 g/mol. The number of amides is 1. The Morgan fingerprint density at radius 2 is 1.88 bits per heavy atom. The molecule has 2 aromatic carbocycles. The summed E-state index contributed by atoms with van der Waals surface area (Å²) < 4.78 is 17.9. The number of hydrogen-bond acceptors (Lipinski definition) is 4. The van der Waals surface area contributed by atoms with E-state index in [1.54, 1.807) is 44.2 Å². The highest BCUT2D eigenvalue weighted by Gasteiger charge is 2.14. The van der Waals surface area contributed by atoms with Crippen molar-refractivity contribution in [2.24, 2.45) is 0 Å². The van der Waals surface area contributed by atoms with Gasteiger partial charge in [0.15, 0.2) is 0 Å². The molecule has 132 valence electrons. The standard InChI is InChI=1S/C19H20FNO3S/c1-3-24-19(23)16-5-4-6-17(13(16)2)21-18(22)12-25-11-14-7-9-15(20)10-8-14/h4-10H,3,11-12H2,1-2H3,(H,21,22). The molecule has 0 spiro atoms. The van der Waals surface area contributed by atoms with Crippen LogP contribution in [0.3, 0.4) is 0 Å². The molecule has 0 aromatic heterocycles. The number of benzene rings is 2. The highest BCUT2D eigenvalue weighted by atomic mass is 32.2. The van der Waals surface area contributed by atoms with Crippen molar-refractivity contribution in [2.75, 3.05) is 17.7 Å². The Bertz CT molecular complexity index is 747. The Labute approximate surface area is 150 Å². The van der Waals surface area contributed by atoms with Crippen LogP contribution in [0.1, 0.15) is 28.4 Å². The van der Waals surface area contributed by atoms with Gasteiger partial charge < -0.3 is 10.1 Å². The number of carbonyl (C=O) groups is 2. The lowest BCUT2D eigenvalue weighted by atomic mass is 10.1. The third kappa shape index (κ3) is 5.60. The zero-order chi connectivity index (χ0) is 18.2. The zero-order valence-electron chi connectivity index (χ0n) is 14.2. The van der Waals surface area contributed by atoms with Crippen LogP contribution in [0, 0.1) is 12.7 Å². The summed E-state index contributed by atoms with van der Waals surface area (Å²) >= 11 is 1.44. The molecule has 1 N–H and O–H groups in total. The van der Waals surface area contributed by atoms with Crippen LogP contribution in [-0.2, 0) is 15.3 Å². The Morgan fingerprint density at radius 1 is 1.16 bits per heavy atom. The number of rotatable bonds is 7. The first kappa shape index (κ1) is 19.0. The van der Waals surface area contributed by atoms with Crippen LogP contribution in [0.15, 0.2) is 42.5 Å². The number of nitrogens with one attached hydrogen (secondary N) is 1. The smallest absolute Gasteiger partial charge is 0.338 e. The SMILES string of the molecule is CCOC(=O)c1cccc(NC(=O)CSCc2ccc(F)cc2)c1C. The molecule has 0 aliphatic rings. The van der Waals surface area contributed by atoms with Crippen molar-refractivity contribution in [3.63, 3.8) is 0 Å². The summed E-state index contributed by atoms with van der Waals surface area (Å²) in [6.07, 6.45) is 0. The van der Waals surface area contributed by atoms with Gasteiger partial charge in [-0.2, -0.15) is 0 Å². The van der Waals surface area contributed by atoms with E-state index in [9.17, 15) is 14.0 Å². The van der Waals surface area contributed by atoms with E-state index in [0.29, 0.717) is 29.2 Å². The summed E-state index contributed by atoms with van der Waals surface area (Å²) in [6, 6.07) is 11.3. The molecule has 2 aromatic rings. The summed E-state index contributed by atoms with van der Waals surface area (Å²) in [5.74, 6) is 0.0529. The second-order valence-corrected chi connectivity index (χ2v) is 6.35. The largest absolute Gasteiger partial charge is 0.462 e. The van der Waals surface area contributed by atoms with Gasteiger partial charge in [0.2, 0.25) is 5.91 Å². The van der Waals surface area contributed by atoms with Gasteiger partial charge in [-0.05, 0) is 49.2 Å². The molecule has 6 heteroatoms. The zero-order valence-corrected chi connectivity index (χ0v) is 15.0. The van der Waals surface area contributed by atoms with Crippen LogP contribution in [-0.4, -0.2) is 24.2 Å². The van der Waals surface area contributed by atoms with Crippen molar-refractivity contribution in [1.29, 1.82) is 0 Å². The molecule has 0 bridgehead atoms. The second kappa shape index (κ2) is 9.22. The molecule has 0 aliphatic carbocycles. The molecular weight excluding hydrogens is 341 g/mol. The fourth-order valence-corrected chi connectivity index (χ4v) is 3.02. The van der Waals surface area contributed by atoms with Crippen LogP contribution >= 0.6 is 11.8 Å². The van der Waals surface area contributed by atoms with Crippen LogP contribution in [0.4, 0.5) is 10.1 Å². The van der Waals surface area contributed by atoms with Gasteiger partial charge in [-0.15, -0.1) is 11.8 Å². The normalized spacial score (nSPS) is 10.4. The van der Waals surface area contributed by atoms with Gasteiger partial charge in [-0.1, -0.05) is 18.2 Å². The molecule has 2 rings (SSSR count). The van der Waals surface area contributed by atoms with Crippen LogP contribution in [0.25, 0.3) is 0 Å². The van der Waals surface area contributed by atoms with E-state index in [-0.39, 0.29) is 17.5 Å². The van der Waals surface area contributed by atoms with Gasteiger partial charge in [-0.25, -0.2) is 9.18 Å². The van der Waals surface area contributed by atoms with Crippen molar-refractivity contribution >= 4 is 29.3 Å². The second-order valence-electron chi connectivity index (χ2n) is 5.37. The third-order valence-electron chi connectivity index (χ3n) is 3.52. The molecule has 0 saturated heterocycles. The minimum absolute atomic E-state index is 0.156. The quantitative estimate of drug-likeness (QED) is 0.752. The number of hydrogen-bond donors (Lipinski definition) is 1. The molecule has 0 heterocycles. The van der Waals surface area contributed by atoms with Crippen LogP contribution in [0.5, 0.6) is 0 Å². The molecule has 0 atom stereocenters. The lowest BCUT2D eigenvalue weighted by Crippen LogP contribution is -2.16. The van der Waals surface area contributed by atoms with E-state index in [2.05, 4.69) is 5.32 Å². The molecule has 25 heavy (non-hydrogen) atoms. The fourth-order valence-electron chi connectivity index (χ4n) is 2.23. The first-order valence-corrected chi connectivity index (χ1v) is 9.05. The predicted octanol–water partition coefficient (Wildman–Crippen LogP) is 4.18. The molecule has 1 amide bonds. The van der Waals surface area contributed by atoms with Crippen LogP contribution in [0.2, 0.25) is 0 Å². The third-order valence-corrected chi connectivity index (χ3v) is 4.52. The van der Waals surface area contributed by atoms with E-state index in [0.717, 1.165) is 5.56 Å². The maximum Gasteiger partial charge on any atom is 0.338 e. The first-order valence-electron chi connectivity index (χ1n) is 7.90. The summed E-state index contributed by atoms with van der Waals surface area (Å²) in [5.41, 5.74) is 2.68. The Kier molecular flexibility index (Phi) is 7.01. The minimum Gasteiger partial charge on any atom is -0.462 e. The lowest BCUT2D eigenvalue weighted by molar-refractivity contribution is -0.113. The Morgan fingerprint density at radius 3 is 2.56 bits per heavy atom. The van der Waals surface area contributed by atoms with Gasteiger partial charge in [0, 0.05) is 11.4 Å². The average Bonchev–Trinajstić information content (AvgIpc) is 2.59.